The second-order valence-electron chi connectivity index (χ2n) is 8.09. The van der Waals surface area contributed by atoms with Crippen molar-refractivity contribution < 1.29 is 14.3 Å². The summed E-state index contributed by atoms with van der Waals surface area (Å²) in [6, 6.07) is 5.61. The average molecular weight is 394 g/mol. The molecule has 2 amide bonds. The fraction of sp³-hybridized carbons (Fsp3) is 0.600. The van der Waals surface area contributed by atoms with E-state index in [2.05, 4.69) is 4.90 Å². The SMILES string of the molecule is CC(C)(C)OC(=O)N1CCN(c2cccc(C(=O)N3CCCC3)c2Cl)CC1. The first-order valence-corrected chi connectivity index (χ1v) is 9.95. The topological polar surface area (TPSA) is 53.1 Å². The van der Waals surface area contributed by atoms with Crippen molar-refractivity contribution in [3.05, 3.63) is 28.8 Å². The number of hydrogen-bond donors (Lipinski definition) is 0. The molecule has 148 valence electrons. The van der Waals surface area contributed by atoms with E-state index in [4.69, 9.17) is 16.3 Å². The molecular weight excluding hydrogens is 366 g/mol. The van der Waals surface area contributed by atoms with E-state index in [9.17, 15) is 9.59 Å². The van der Waals surface area contributed by atoms with Gasteiger partial charge in [-0.1, -0.05) is 17.7 Å². The standard InChI is InChI=1S/C20H28ClN3O3/c1-20(2,3)27-19(26)24-13-11-22(12-14-24)16-8-6-7-15(17(16)21)18(25)23-9-4-5-10-23/h6-8H,4-5,9-14H2,1-3H3. The molecule has 3 rings (SSSR count). The van der Waals surface area contributed by atoms with Gasteiger partial charge >= 0.3 is 6.09 Å². The normalized spacial score (nSPS) is 18.0. The molecule has 0 aliphatic carbocycles. The van der Waals surface area contributed by atoms with Crippen molar-refractivity contribution >= 4 is 29.3 Å². The van der Waals surface area contributed by atoms with Crippen molar-refractivity contribution in [1.82, 2.24) is 9.80 Å². The Labute approximate surface area is 166 Å². The van der Waals surface area contributed by atoms with Crippen molar-refractivity contribution in [1.29, 1.82) is 0 Å². The third kappa shape index (κ3) is 4.67. The van der Waals surface area contributed by atoms with Crippen LogP contribution in [0.25, 0.3) is 0 Å². The number of benzene rings is 1. The van der Waals surface area contributed by atoms with Crippen LogP contribution in [0.5, 0.6) is 0 Å². The van der Waals surface area contributed by atoms with Gasteiger partial charge in [0.1, 0.15) is 5.60 Å². The Morgan fingerprint density at radius 2 is 1.59 bits per heavy atom. The first-order valence-electron chi connectivity index (χ1n) is 9.57. The van der Waals surface area contributed by atoms with Crippen LogP contribution < -0.4 is 4.90 Å². The van der Waals surface area contributed by atoms with Crippen molar-refractivity contribution in [2.24, 2.45) is 0 Å². The Kier molecular flexibility index (Phi) is 5.84. The molecule has 1 aromatic rings. The maximum atomic E-state index is 12.7. The number of amides is 2. The first kappa shape index (κ1) is 19.8. The quantitative estimate of drug-likeness (QED) is 0.769. The summed E-state index contributed by atoms with van der Waals surface area (Å²) in [6.07, 6.45) is 1.82. The lowest BCUT2D eigenvalue weighted by Gasteiger charge is -2.37. The van der Waals surface area contributed by atoms with E-state index >= 15 is 0 Å². The number of hydrogen-bond acceptors (Lipinski definition) is 4. The molecule has 0 N–H and O–H groups in total. The van der Waals surface area contributed by atoms with Gasteiger partial charge < -0.3 is 19.4 Å². The van der Waals surface area contributed by atoms with E-state index in [-0.39, 0.29) is 12.0 Å². The molecule has 2 aliphatic heterocycles. The molecule has 0 atom stereocenters. The molecule has 2 saturated heterocycles. The van der Waals surface area contributed by atoms with E-state index in [0.29, 0.717) is 36.8 Å². The molecule has 0 unspecified atom stereocenters. The zero-order valence-electron chi connectivity index (χ0n) is 16.3. The van der Waals surface area contributed by atoms with E-state index < -0.39 is 5.60 Å². The van der Waals surface area contributed by atoms with Gasteiger partial charge in [-0.2, -0.15) is 0 Å². The summed E-state index contributed by atoms with van der Waals surface area (Å²) in [5, 5.41) is 0.500. The van der Waals surface area contributed by atoms with Crippen LogP contribution in [0.1, 0.15) is 44.0 Å². The summed E-state index contributed by atoms with van der Waals surface area (Å²) >= 11 is 6.61. The predicted octanol–water partition coefficient (Wildman–Crippen LogP) is 3.63. The van der Waals surface area contributed by atoms with Crippen LogP contribution in [0.4, 0.5) is 10.5 Å². The molecule has 2 aliphatic rings. The average Bonchev–Trinajstić information content (AvgIpc) is 3.15. The fourth-order valence-electron chi connectivity index (χ4n) is 3.48. The monoisotopic (exact) mass is 393 g/mol. The van der Waals surface area contributed by atoms with Crippen molar-refractivity contribution in [3.8, 4) is 0 Å². The molecular formula is C20H28ClN3O3. The molecule has 0 aromatic heterocycles. The predicted molar refractivity (Wildman–Crippen MR) is 107 cm³/mol. The Balaban J connectivity index is 1.67. The third-order valence-corrected chi connectivity index (χ3v) is 5.27. The van der Waals surface area contributed by atoms with Crippen molar-refractivity contribution in [2.45, 2.75) is 39.2 Å². The van der Waals surface area contributed by atoms with Gasteiger partial charge in [-0.15, -0.1) is 0 Å². The van der Waals surface area contributed by atoms with Crippen molar-refractivity contribution in [2.75, 3.05) is 44.2 Å². The van der Waals surface area contributed by atoms with E-state index in [1.807, 2.05) is 37.8 Å². The largest absolute Gasteiger partial charge is 0.444 e. The Bertz CT molecular complexity index is 703. The van der Waals surface area contributed by atoms with Gasteiger partial charge in [-0.3, -0.25) is 4.79 Å². The fourth-order valence-corrected chi connectivity index (χ4v) is 3.80. The lowest BCUT2D eigenvalue weighted by atomic mass is 10.1. The maximum Gasteiger partial charge on any atom is 0.410 e. The maximum absolute atomic E-state index is 12.7. The lowest BCUT2D eigenvalue weighted by Crippen LogP contribution is -2.50. The molecule has 2 fully saturated rings. The smallest absolute Gasteiger partial charge is 0.410 e. The summed E-state index contributed by atoms with van der Waals surface area (Å²) in [5.74, 6) is 0.00624. The van der Waals surface area contributed by atoms with Crippen LogP contribution in [-0.2, 0) is 4.74 Å². The van der Waals surface area contributed by atoms with Crippen LogP contribution in [0.3, 0.4) is 0 Å². The number of nitrogens with zero attached hydrogens (tertiary/aromatic N) is 3. The number of piperazine rings is 1. The minimum absolute atomic E-state index is 0.00624. The highest BCUT2D eigenvalue weighted by molar-refractivity contribution is 6.36. The number of rotatable bonds is 2. The number of carbonyl (C=O) groups excluding carboxylic acids is 2. The summed E-state index contributed by atoms with van der Waals surface area (Å²) < 4.78 is 5.44. The second-order valence-corrected chi connectivity index (χ2v) is 8.47. The number of ether oxygens (including phenoxy) is 1. The van der Waals surface area contributed by atoms with E-state index in [1.165, 1.54) is 0 Å². The van der Waals surface area contributed by atoms with Gasteiger partial charge in [-0.25, -0.2) is 4.79 Å². The molecule has 7 heteroatoms. The summed E-state index contributed by atoms with van der Waals surface area (Å²) in [6.45, 7) is 9.63. The van der Waals surface area contributed by atoms with Crippen LogP contribution in [0, 0.1) is 0 Å². The number of likely N-dealkylation sites (tertiary alicyclic amines) is 1. The summed E-state index contributed by atoms with van der Waals surface area (Å²) in [7, 11) is 0. The minimum Gasteiger partial charge on any atom is -0.444 e. The molecule has 27 heavy (non-hydrogen) atoms. The number of carbonyl (C=O) groups is 2. The minimum atomic E-state index is -0.498. The van der Waals surface area contributed by atoms with Crippen LogP contribution in [0.2, 0.25) is 5.02 Å². The summed E-state index contributed by atoms with van der Waals surface area (Å²) in [5.41, 5.74) is 0.915. The molecule has 2 heterocycles. The summed E-state index contributed by atoms with van der Waals surface area (Å²) in [4.78, 5) is 30.7. The molecule has 0 spiro atoms. The first-order chi connectivity index (χ1) is 12.8. The van der Waals surface area contributed by atoms with E-state index in [1.54, 1.807) is 11.0 Å². The lowest BCUT2D eigenvalue weighted by molar-refractivity contribution is 0.0240. The van der Waals surface area contributed by atoms with Gasteiger partial charge in [0.2, 0.25) is 0 Å². The Morgan fingerprint density at radius 1 is 0.963 bits per heavy atom. The molecule has 1 aromatic carbocycles. The number of anilines is 1. The molecule has 0 radical (unpaired) electrons. The van der Waals surface area contributed by atoms with Crippen LogP contribution >= 0.6 is 11.6 Å². The van der Waals surface area contributed by atoms with Gasteiger partial charge in [0.25, 0.3) is 5.91 Å². The zero-order chi connectivity index (χ0) is 19.6. The van der Waals surface area contributed by atoms with Crippen LogP contribution in [0.15, 0.2) is 18.2 Å². The van der Waals surface area contributed by atoms with Crippen molar-refractivity contribution in [3.63, 3.8) is 0 Å². The Hall–Kier alpha value is -1.95. The van der Waals surface area contributed by atoms with E-state index in [0.717, 1.165) is 31.6 Å². The highest BCUT2D eigenvalue weighted by atomic mass is 35.5. The number of halogens is 1. The highest BCUT2D eigenvalue weighted by Crippen LogP contribution is 2.31. The van der Waals surface area contributed by atoms with Gasteiger partial charge in [0, 0.05) is 39.3 Å². The molecule has 6 nitrogen and oxygen atoms in total. The zero-order valence-corrected chi connectivity index (χ0v) is 17.1. The van der Waals surface area contributed by atoms with Crippen LogP contribution in [-0.4, -0.2) is 66.7 Å². The molecule has 0 bridgehead atoms. The van der Waals surface area contributed by atoms with Gasteiger partial charge in [0.05, 0.1) is 16.3 Å². The second kappa shape index (κ2) is 7.97. The van der Waals surface area contributed by atoms with Gasteiger partial charge in [-0.05, 0) is 45.7 Å². The Morgan fingerprint density at radius 3 is 2.19 bits per heavy atom. The highest BCUT2D eigenvalue weighted by Gasteiger charge is 2.28. The molecule has 0 saturated carbocycles. The third-order valence-electron chi connectivity index (χ3n) is 4.87. The van der Waals surface area contributed by atoms with Gasteiger partial charge in [0.15, 0.2) is 0 Å².